The van der Waals surface area contributed by atoms with Crippen LogP contribution in [0.1, 0.15) is 30.4 Å². The summed E-state index contributed by atoms with van der Waals surface area (Å²) in [5.74, 6) is -0.177. The summed E-state index contributed by atoms with van der Waals surface area (Å²) >= 11 is 0. The van der Waals surface area contributed by atoms with Gasteiger partial charge in [0.15, 0.2) is 0 Å². The standard InChI is InChI=1S/C21H26F3N5O2/c1-26-19(31)28-8-6-20(7-9-28)11-17(18(30)27(2)3)29(13-20)15-5-4-14(12-25)16(10-15)21(22,23)24/h4-5,10,17H,6-9,11,13H2,1-3H3,(H,26,31). The third-order valence-corrected chi connectivity index (χ3v) is 6.32. The number of nitriles is 1. The molecule has 0 aromatic heterocycles. The van der Waals surface area contributed by atoms with Crippen LogP contribution in [0.25, 0.3) is 0 Å². The van der Waals surface area contributed by atoms with Crippen LogP contribution in [-0.4, -0.2) is 68.6 Å². The Labute approximate surface area is 179 Å². The Morgan fingerprint density at radius 1 is 1.26 bits per heavy atom. The third-order valence-electron chi connectivity index (χ3n) is 6.32. The maximum absolute atomic E-state index is 13.5. The van der Waals surface area contributed by atoms with E-state index in [2.05, 4.69) is 5.32 Å². The molecule has 2 heterocycles. The van der Waals surface area contributed by atoms with Crippen LogP contribution in [0, 0.1) is 16.7 Å². The molecule has 0 radical (unpaired) electrons. The zero-order valence-corrected chi connectivity index (χ0v) is 17.8. The largest absolute Gasteiger partial charge is 0.417 e. The van der Waals surface area contributed by atoms with Gasteiger partial charge in [0.2, 0.25) is 5.91 Å². The number of amides is 3. The van der Waals surface area contributed by atoms with E-state index in [4.69, 9.17) is 5.26 Å². The molecule has 0 aliphatic carbocycles. The summed E-state index contributed by atoms with van der Waals surface area (Å²) in [5.41, 5.74) is -1.44. The van der Waals surface area contributed by atoms with Crippen LogP contribution in [0.4, 0.5) is 23.7 Å². The van der Waals surface area contributed by atoms with E-state index in [-0.39, 0.29) is 23.0 Å². The number of nitrogens with zero attached hydrogens (tertiary/aromatic N) is 4. The number of hydrogen-bond acceptors (Lipinski definition) is 4. The predicted molar refractivity (Wildman–Crippen MR) is 108 cm³/mol. The highest BCUT2D eigenvalue weighted by atomic mass is 19.4. The molecule has 168 valence electrons. The smallest absolute Gasteiger partial charge is 0.359 e. The van der Waals surface area contributed by atoms with Gasteiger partial charge in [-0.05, 0) is 42.9 Å². The predicted octanol–water partition coefficient (Wildman–Crippen LogP) is 2.67. The Bertz CT molecular complexity index is 901. The van der Waals surface area contributed by atoms with Crippen LogP contribution in [0.5, 0.6) is 0 Å². The molecule has 1 spiro atoms. The summed E-state index contributed by atoms with van der Waals surface area (Å²) in [4.78, 5) is 29.7. The van der Waals surface area contributed by atoms with Gasteiger partial charge in [-0.25, -0.2) is 4.79 Å². The number of halogens is 3. The molecule has 2 aliphatic rings. The first-order valence-corrected chi connectivity index (χ1v) is 10.1. The zero-order valence-electron chi connectivity index (χ0n) is 17.8. The van der Waals surface area contributed by atoms with E-state index in [9.17, 15) is 22.8 Å². The van der Waals surface area contributed by atoms with Crippen molar-refractivity contribution in [3.63, 3.8) is 0 Å². The molecule has 2 fully saturated rings. The highest BCUT2D eigenvalue weighted by Gasteiger charge is 2.49. The van der Waals surface area contributed by atoms with Crippen molar-refractivity contribution in [2.45, 2.75) is 31.5 Å². The molecule has 31 heavy (non-hydrogen) atoms. The van der Waals surface area contributed by atoms with Gasteiger partial charge >= 0.3 is 12.2 Å². The fraction of sp³-hybridized carbons (Fsp3) is 0.571. The number of benzene rings is 1. The minimum absolute atomic E-state index is 0.160. The molecule has 10 heteroatoms. The second kappa shape index (κ2) is 8.29. The van der Waals surface area contributed by atoms with E-state index in [0.717, 1.165) is 12.1 Å². The molecular weight excluding hydrogens is 411 g/mol. The number of urea groups is 1. The second-order valence-corrected chi connectivity index (χ2v) is 8.46. The monoisotopic (exact) mass is 437 g/mol. The number of nitrogens with one attached hydrogen (secondary N) is 1. The molecule has 2 saturated heterocycles. The van der Waals surface area contributed by atoms with E-state index in [0.29, 0.717) is 38.9 Å². The minimum Gasteiger partial charge on any atom is -0.359 e. The van der Waals surface area contributed by atoms with Gasteiger partial charge in [0, 0.05) is 46.5 Å². The van der Waals surface area contributed by atoms with Crippen molar-refractivity contribution < 1.29 is 22.8 Å². The van der Waals surface area contributed by atoms with Crippen molar-refractivity contribution in [3.05, 3.63) is 29.3 Å². The number of carbonyl (C=O) groups excluding carboxylic acids is 2. The number of rotatable bonds is 2. The second-order valence-electron chi connectivity index (χ2n) is 8.46. The summed E-state index contributed by atoms with van der Waals surface area (Å²) in [6, 6.07) is 4.43. The van der Waals surface area contributed by atoms with Crippen LogP contribution >= 0.6 is 0 Å². The average Bonchev–Trinajstić information content (AvgIpc) is 3.10. The SMILES string of the molecule is CNC(=O)N1CCC2(CC1)CC(C(=O)N(C)C)N(c1ccc(C#N)c(C(F)(F)F)c1)C2. The van der Waals surface area contributed by atoms with Gasteiger partial charge in [0.05, 0.1) is 17.2 Å². The molecule has 3 rings (SSSR count). The molecule has 1 unspecified atom stereocenters. The van der Waals surface area contributed by atoms with E-state index in [1.54, 1.807) is 37.0 Å². The van der Waals surface area contributed by atoms with E-state index in [1.807, 2.05) is 0 Å². The Morgan fingerprint density at radius 3 is 2.42 bits per heavy atom. The number of likely N-dealkylation sites (N-methyl/N-ethyl adjacent to an activating group) is 1. The molecule has 2 aliphatic heterocycles. The van der Waals surface area contributed by atoms with E-state index >= 15 is 0 Å². The average molecular weight is 437 g/mol. The normalized spacial score (nSPS) is 20.5. The zero-order chi connectivity index (χ0) is 23.0. The minimum atomic E-state index is -4.67. The van der Waals surface area contributed by atoms with Crippen LogP contribution < -0.4 is 10.2 Å². The highest BCUT2D eigenvalue weighted by Crippen LogP contribution is 2.46. The highest BCUT2D eigenvalue weighted by molar-refractivity contribution is 5.86. The molecule has 7 nitrogen and oxygen atoms in total. The first-order chi connectivity index (χ1) is 14.5. The van der Waals surface area contributed by atoms with Gasteiger partial charge in [-0.2, -0.15) is 18.4 Å². The quantitative estimate of drug-likeness (QED) is 0.772. The maximum Gasteiger partial charge on any atom is 0.417 e. The lowest BCUT2D eigenvalue weighted by molar-refractivity contribution is -0.137. The number of alkyl halides is 3. The van der Waals surface area contributed by atoms with Crippen LogP contribution in [-0.2, 0) is 11.0 Å². The van der Waals surface area contributed by atoms with Crippen LogP contribution in [0.3, 0.4) is 0 Å². The van der Waals surface area contributed by atoms with Crippen molar-refractivity contribution in [1.82, 2.24) is 15.1 Å². The van der Waals surface area contributed by atoms with Gasteiger partial charge in [-0.15, -0.1) is 0 Å². The lowest BCUT2D eigenvalue weighted by Gasteiger charge is -2.39. The Morgan fingerprint density at radius 2 is 1.90 bits per heavy atom. The third kappa shape index (κ3) is 4.40. The summed E-state index contributed by atoms with van der Waals surface area (Å²) < 4.78 is 40.5. The molecule has 0 saturated carbocycles. The molecule has 0 bridgehead atoms. The van der Waals surface area contributed by atoms with Crippen molar-refractivity contribution in [2.75, 3.05) is 45.7 Å². The Balaban J connectivity index is 1.94. The number of anilines is 1. The summed E-state index contributed by atoms with van der Waals surface area (Å²) in [7, 11) is 4.82. The lowest BCUT2D eigenvalue weighted by Crippen LogP contribution is -2.47. The fourth-order valence-electron chi connectivity index (χ4n) is 4.59. The molecule has 1 aromatic rings. The Hall–Kier alpha value is -2.96. The number of hydrogen-bond donors (Lipinski definition) is 1. The van der Waals surface area contributed by atoms with Crippen LogP contribution in [0.15, 0.2) is 18.2 Å². The first-order valence-electron chi connectivity index (χ1n) is 10.1. The van der Waals surface area contributed by atoms with Gasteiger partial charge in [0.25, 0.3) is 0 Å². The summed E-state index contributed by atoms with van der Waals surface area (Å²) in [6.07, 6.45) is -2.83. The van der Waals surface area contributed by atoms with Crippen molar-refractivity contribution >= 4 is 17.6 Å². The molecular formula is C21H26F3N5O2. The molecule has 1 N–H and O–H groups in total. The van der Waals surface area contributed by atoms with Crippen molar-refractivity contribution in [1.29, 1.82) is 5.26 Å². The summed E-state index contributed by atoms with van der Waals surface area (Å²) in [6.45, 7) is 1.47. The Kier molecular flexibility index (Phi) is 6.07. The number of carbonyl (C=O) groups is 2. The fourth-order valence-corrected chi connectivity index (χ4v) is 4.59. The lowest BCUT2D eigenvalue weighted by atomic mass is 9.76. The van der Waals surface area contributed by atoms with Gasteiger partial charge < -0.3 is 20.0 Å². The van der Waals surface area contributed by atoms with Crippen molar-refractivity contribution in [3.8, 4) is 6.07 Å². The van der Waals surface area contributed by atoms with Crippen LogP contribution in [0.2, 0.25) is 0 Å². The van der Waals surface area contributed by atoms with Gasteiger partial charge in [0.1, 0.15) is 6.04 Å². The topological polar surface area (TPSA) is 79.7 Å². The molecule has 1 aromatic carbocycles. The molecule has 3 amide bonds. The van der Waals surface area contributed by atoms with E-state index < -0.39 is 23.3 Å². The van der Waals surface area contributed by atoms with Gasteiger partial charge in [-0.3, -0.25) is 4.79 Å². The maximum atomic E-state index is 13.5. The first kappa shape index (κ1) is 22.7. The number of piperidine rings is 1. The summed E-state index contributed by atoms with van der Waals surface area (Å²) in [5, 5.41) is 11.7. The van der Waals surface area contributed by atoms with Crippen molar-refractivity contribution in [2.24, 2.45) is 5.41 Å². The molecule has 1 atom stereocenters. The van der Waals surface area contributed by atoms with Gasteiger partial charge in [-0.1, -0.05) is 0 Å². The van der Waals surface area contributed by atoms with E-state index in [1.165, 1.54) is 11.0 Å². The number of likely N-dealkylation sites (tertiary alicyclic amines) is 1.